The highest BCUT2D eigenvalue weighted by Crippen LogP contribution is 2.41. The van der Waals surface area contributed by atoms with Crippen molar-refractivity contribution in [2.75, 3.05) is 6.61 Å². The smallest absolute Gasteiger partial charge is 0.314 e. The topological polar surface area (TPSA) is 55.8 Å². The third-order valence-electron chi connectivity index (χ3n) is 7.63. The number of esters is 1. The Kier molecular flexibility index (Phi) is 8.48. The first-order chi connectivity index (χ1) is 16.5. The third-order valence-corrected chi connectivity index (χ3v) is 7.63. The van der Waals surface area contributed by atoms with E-state index >= 15 is 0 Å². The molecule has 0 amide bonds. The predicted molar refractivity (Wildman–Crippen MR) is 142 cm³/mol. The molecule has 1 aliphatic rings. The van der Waals surface area contributed by atoms with E-state index in [1.807, 2.05) is 6.07 Å². The highest BCUT2D eigenvalue weighted by molar-refractivity contribution is 5.75. The zero-order valence-corrected chi connectivity index (χ0v) is 22.5. The summed E-state index contributed by atoms with van der Waals surface area (Å²) in [5.74, 6) is 1.17. The number of hydrogen-bond donors (Lipinski definition) is 1. The minimum atomic E-state index is -0.312. The molecule has 0 aromatic heterocycles. The standard InChI is InChI=1S/C31H42O4/c1-8-31(9-2,24-12-10-23(21(3)18-24)11-16-28(32)30(5,6)7)25-13-15-27(22(4)19-25)34-20-26-14-17-29(33)35-26/h10,12-15,18-19,28,32H,8-9,11,16-17,20H2,1-7H3. The molecule has 0 spiro atoms. The zero-order valence-electron chi connectivity index (χ0n) is 22.5. The van der Waals surface area contributed by atoms with E-state index in [9.17, 15) is 9.90 Å². The van der Waals surface area contributed by atoms with Crippen LogP contribution in [0.2, 0.25) is 0 Å². The first-order valence-corrected chi connectivity index (χ1v) is 12.9. The van der Waals surface area contributed by atoms with Crippen molar-refractivity contribution in [3.63, 3.8) is 0 Å². The van der Waals surface area contributed by atoms with Gasteiger partial charge in [-0.2, -0.15) is 0 Å². The largest absolute Gasteiger partial charge is 0.485 e. The van der Waals surface area contributed by atoms with Crippen LogP contribution in [0.3, 0.4) is 0 Å². The summed E-state index contributed by atoms with van der Waals surface area (Å²) >= 11 is 0. The molecule has 35 heavy (non-hydrogen) atoms. The van der Waals surface area contributed by atoms with Gasteiger partial charge in [-0.1, -0.05) is 65.0 Å². The molecule has 0 saturated heterocycles. The molecule has 2 aromatic rings. The third kappa shape index (κ3) is 6.16. The van der Waals surface area contributed by atoms with Crippen LogP contribution in [-0.4, -0.2) is 23.8 Å². The average molecular weight is 479 g/mol. The van der Waals surface area contributed by atoms with Crippen LogP contribution in [0.1, 0.15) is 88.1 Å². The van der Waals surface area contributed by atoms with E-state index in [0.717, 1.165) is 37.0 Å². The number of cyclic esters (lactones) is 1. The van der Waals surface area contributed by atoms with Crippen molar-refractivity contribution in [2.45, 2.75) is 92.1 Å². The van der Waals surface area contributed by atoms with Gasteiger partial charge in [0, 0.05) is 5.41 Å². The quantitative estimate of drug-likeness (QED) is 0.375. The second-order valence-corrected chi connectivity index (χ2v) is 11.0. The van der Waals surface area contributed by atoms with Gasteiger partial charge in [-0.3, -0.25) is 4.79 Å². The van der Waals surface area contributed by atoms with Gasteiger partial charge < -0.3 is 14.6 Å². The fourth-order valence-corrected chi connectivity index (χ4v) is 5.01. The molecular weight excluding hydrogens is 436 g/mol. The van der Waals surface area contributed by atoms with E-state index in [2.05, 4.69) is 78.8 Å². The summed E-state index contributed by atoms with van der Waals surface area (Å²) in [5.41, 5.74) is 6.10. The van der Waals surface area contributed by atoms with Crippen LogP contribution >= 0.6 is 0 Å². The van der Waals surface area contributed by atoms with Gasteiger partial charge in [-0.25, -0.2) is 0 Å². The van der Waals surface area contributed by atoms with Crippen LogP contribution in [0.25, 0.3) is 0 Å². The van der Waals surface area contributed by atoms with Crippen LogP contribution < -0.4 is 4.74 Å². The average Bonchev–Trinajstić information content (AvgIpc) is 3.23. The van der Waals surface area contributed by atoms with Crippen LogP contribution in [0, 0.1) is 19.3 Å². The van der Waals surface area contributed by atoms with Crippen LogP contribution in [0.5, 0.6) is 5.75 Å². The Hall–Kier alpha value is -2.59. The fourth-order valence-electron chi connectivity index (χ4n) is 5.01. The second kappa shape index (κ2) is 11.0. The van der Waals surface area contributed by atoms with E-state index in [0.29, 0.717) is 12.2 Å². The summed E-state index contributed by atoms with van der Waals surface area (Å²) in [6, 6.07) is 13.3. The molecule has 1 atom stereocenters. The number of benzene rings is 2. The molecule has 1 unspecified atom stereocenters. The molecule has 1 heterocycles. The Bertz CT molecular complexity index is 1070. The van der Waals surface area contributed by atoms with Crippen molar-refractivity contribution in [3.8, 4) is 5.75 Å². The lowest BCUT2D eigenvalue weighted by atomic mass is 9.69. The first-order valence-electron chi connectivity index (χ1n) is 12.9. The lowest BCUT2D eigenvalue weighted by Crippen LogP contribution is -2.27. The van der Waals surface area contributed by atoms with Crippen LogP contribution in [0.4, 0.5) is 0 Å². The van der Waals surface area contributed by atoms with Crippen molar-refractivity contribution in [2.24, 2.45) is 5.41 Å². The van der Waals surface area contributed by atoms with Gasteiger partial charge in [0.1, 0.15) is 18.1 Å². The summed E-state index contributed by atoms with van der Waals surface area (Å²) in [6.07, 6.45) is 5.43. The number of ether oxygens (including phenoxy) is 2. The molecular formula is C31H42O4. The van der Waals surface area contributed by atoms with E-state index in [1.165, 1.54) is 22.3 Å². The molecule has 190 valence electrons. The summed E-state index contributed by atoms with van der Waals surface area (Å²) in [6.45, 7) is 15.3. The molecule has 1 N–H and O–H groups in total. The SMILES string of the molecule is CCC(CC)(c1ccc(CCC(O)C(C)(C)C)c(C)c1)c1ccc(OCC2=CCC(=O)O2)c(C)c1. The van der Waals surface area contributed by atoms with Gasteiger partial charge in [0.05, 0.1) is 12.5 Å². The van der Waals surface area contributed by atoms with E-state index in [4.69, 9.17) is 9.47 Å². The molecule has 3 rings (SSSR count). The van der Waals surface area contributed by atoms with Crippen molar-refractivity contribution in [1.82, 2.24) is 0 Å². The molecule has 2 aromatic carbocycles. The molecule has 0 radical (unpaired) electrons. The summed E-state index contributed by atoms with van der Waals surface area (Å²) in [4.78, 5) is 11.3. The van der Waals surface area contributed by atoms with Crippen LogP contribution in [0.15, 0.2) is 48.2 Å². The molecule has 0 fully saturated rings. The highest BCUT2D eigenvalue weighted by atomic mass is 16.6. The maximum Gasteiger partial charge on any atom is 0.314 e. The van der Waals surface area contributed by atoms with Crippen molar-refractivity contribution < 1.29 is 19.4 Å². The summed E-state index contributed by atoms with van der Waals surface area (Å²) in [5, 5.41) is 10.5. The number of hydrogen-bond acceptors (Lipinski definition) is 4. The molecule has 0 bridgehead atoms. The number of rotatable bonds is 10. The van der Waals surface area contributed by atoms with Gasteiger partial charge in [-0.15, -0.1) is 0 Å². The number of carbonyl (C=O) groups is 1. The lowest BCUT2D eigenvalue weighted by Gasteiger charge is -2.34. The monoisotopic (exact) mass is 478 g/mol. The zero-order chi connectivity index (χ0) is 25.8. The van der Waals surface area contributed by atoms with Crippen molar-refractivity contribution in [1.29, 1.82) is 0 Å². The lowest BCUT2D eigenvalue weighted by molar-refractivity contribution is -0.136. The molecule has 0 aliphatic carbocycles. The fraction of sp³-hybridized carbons (Fsp3) is 0.516. The van der Waals surface area contributed by atoms with Crippen molar-refractivity contribution in [3.05, 3.63) is 76.1 Å². The van der Waals surface area contributed by atoms with Gasteiger partial charge >= 0.3 is 5.97 Å². The maximum atomic E-state index is 11.3. The maximum absolute atomic E-state index is 11.3. The Balaban J connectivity index is 1.81. The number of aryl methyl sites for hydroxylation is 3. The van der Waals surface area contributed by atoms with Gasteiger partial charge in [0.15, 0.2) is 0 Å². The molecule has 4 heteroatoms. The Morgan fingerprint density at radius 2 is 1.63 bits per heavy atom. The summed E-state index contributed by atoms with van der Waals surface area (Å²) < 4.78 is 11.1. The Morgan fingerprint density at radius 1 is 1.00 bits per heavy atom. The van der Waals surface area contributed by atoms with Crippen molar-refractivity contribution >= 4 is 5.97 Å². The number of aliphatic hydroxyl groups excluding tert-OH is 1. The van der Waals surface area contributed by atoms with E-state index < -0.39 is 0 Å². The Labute approximate surface area is 211 Å². The second-order valence-electron chi connectivity index (χ2n) is 11.0. The van der Waals surface area contributed by atoms with Crippen LogP contribution in [-0.2, 0) is 21.4 Å². The number of aliphatic hydroxyl groups is 1. The van der Waals surface area contributed by atoms with Gasteiger partial charge in [0.25, 0.3) is 0 Å². The minimum absolute atomic E-state index is 0.0823. The Morgan fingerprint density at radius 3 is 2.14 bits per heavy atom. The minimum Gasteiger partial charge on any atom is -0.485 e. The van der Waals surface area contributed by atoms with E-state index in [-0.39, 0.29) is 29.5 Å². The molecule has 0 saturated carbocycles. The summed E-state index contributed by atoms with van der Waals surface area (Å²) in [7, 11) is 0. The molecule has 4 nitrogen and oxygen atoms in total. The van der Waals surface area contributed by atoms with Gasteiger partial charge in [0.2, 0.25) is 0 Å². The highest BCUT2D eigenvalue weighted by Gasteiger charge is 2.31. The predicted octanol–water partition coefficient (Wildman–Crippen LogP) is 6.96. The first kappa shape index (κ1) is 27.0. The van der Waals surface area contributed by atoms with E-state index in [1.54, 1.807) is 6.08 Å². The van der Waals surface area contributed by atoms with Gasteiger partial charge in [-0.05, 0) is 84.9 Å². The normalized spacial score (nSPS) is 15.1. The number of carbonyl (C=O) groups excluding carboxylic acids is 1. The molecule has 1 aliphatic heterocycles.